The van der Waals surface area contributed by atoms with Crippen LogP contribution in [-0.2, 0) is 19.2 Å². The lowest BCUT2D eigenvalue weighted by Crippen LogP contribution is -2.27. The number of rotatable bonds is 6. The second kappa shape index (κ2) is 9.52. The number of aromatic nitrogens is 2. The molecule has 0 bridgehead atoms. The van der Waals surface area contributed by atoms with Crippen molar-refractivity contribution in [2.45, 2.75) is 37.1 Å². The van der Waals surface area contributed by atoms with Crippen molar-refractivity contribution in [1.29, 1.82) is 0 Å². The predicted octanol–water partition coefficient (Wildman–Crippen LogP) is 4.21. The largest absolute Gasteiger partial charge is 0.339 e. The number of aryl methyl sites for hydroxylation is 1. The van der Waals surface area contributed by atoms with Crippen LogP contribution in [-0.4, -0.2) is 33.4 Å². The Hall–Kier alpha value is -2.86. The maximum Gasteiger partial charge on any atom is 0.257 e. The number of thioether (sulfide) groups is 1. The monoisotopic (exact) mass is 433 g/mol. The molecule has 1 aromatic heterocycles. The Kier molecular flexibility index (Phi) is 6.56. The fourth-order valence-corrected chi connectivity index (χ4v) is 4.86. The lowest BCUT2D eigenvalue weighted by Gasteiger charge is -2.16. The van der Waals surface area contributed by atoms with Gasteiger partial charge in [0.05, 0.1) is 0 Å². The third-order valence-electron chi connectivity index (χ3n) is 5.71. The van der Waals surface area contributed by atoms with E-state index >= 15 is 0 Å². The molecule has 0 saturated carbocycles. The molecule has 6 heteroatoms. The first kappa shape index (κ1) is 21.4. The van der Waals surface area contributed by atoms with E-state index in [4.69, 9.17) is 4.98 Å². The molecule has 1 aliphatic heterocycles. The highest BCUT2D eigenvalue weighted by molar-refractivity contribution is 7.98. The number of hydrogen-bond acceptors (Lipinski definition) is 4. The second-order valence-electron chi connectivity index (χ2n) is 7.97. The fraction of sp³-hybridized carbons (Fsp3) is 0.320. The van der Waals surface area contributed by atoms with Crippen LogP contribution in [0.4, 0.5) is 0 Å². The molecule has 160 valence electrons. The lowest BCUT2D eigenvalue weighted by atomic mass is 10.1. The van der Waals surface area contributed by atoms with Gasteiger partial charge in [-0.25, -0.2) is 4.98 Å². The molecule has 1 amide bonds. The molecule has 2 heterocycles. The summed E-state index contributed by atoms with van der Waals surface area (Å²) in [7, 11) is 1.78. The van der Waals surface area contributed by atoms with E-state index in [2.05, 4.69) is 0 Å². The average molecular weight is 434 g/mol. The summed E-state index contributed by atoms with van der Waals surface area (Å²) in [4.78, 5) is 32.3. The van der Waals surface area contributed by atoms with Gasteiger partial charge in [-0.3, -0.25) is 14.2 Å². The van der Waals surface area contributed by atoms with Crippen LogP contribution in [0.5, 0.6) is 0 Å². The summed E-state index contributed by atoms with van der Waals surface area (Å²) >= 11 is 1.52. The van der Waals surface area contributed by atoms with Crippen LogP contribution in [0.25, 0.3) is 0 Å². The molecule has 3 aromatic rings. The maximum absolute atomic E-state index is 13.0. The molecular formula is C25H27N3O2S. The van der Waals surface area contributed by atoms with Crippen molar-refractivity contribution in [1.82, 2.24) is 14.5 Å². The van der Waals surface area contributed by atoms with E-state index in [9.17, 15) is 9.59 Å². The Balaban J connectivity index is 1.49. The van der Waals surface area contributed by atoms with Gasteiger partial charge in [0.25, 0.3) is 11.5 Å². The molecule has 0 spiro atoms. The van der Waals surface area contributed by atoms with Crippen LogP contribution in [0.1, 0.15) is 45.6 Å². The molecule has 0 atom stereocenters. The summed E-state index contributed by atoms with van der Waals surface area (Å²) in [6, 6.07) is 17.8. The van der Waals surface area contributed by atoms with Crippen LogP contribution in [0.15, 0.2) is 64.5 Å². The third-order valence-corrected chi connectivity index (χ3v) is 6.81. The summed E-state index contributed by atoms with van der Waals surface area (Å²) < 4.78 is 1.63. The van der Waals surface area contributed by atoms with E-state index in [0.29, 0.717) is 17.3 Å². The third kappa shape index (κ3) is 4.90. The number of benzene rings is 2. The number of carbonyl (C=O) groups is 1. The summed E-state index contributed by atoms with van der Waals surface area (Å²) in [6.45, 7) is 3.59. The Labute approximate surface area is 187 Å². The maximum atomic E-state index is 13.0. The molecule has 1 fully saturated rings. The molecule has 0 unspecified atom stereocenters. The molecule has 1 aliphatic rings. The van der Waals surface area contributed by atoms with Crippen LogP contribution < -0.4 is 5.56 Å². The molecule has 5 nitrogen and oxygen atoms in total. The quantitative estimate of drug-likeness (QED) is 0.432. The standard InChI is InChI=1S/C25H27N3O2S/c1-18-22(16-19-9-4-3-5-10-19)24(30)27(2)25(26-18)31-17-20-11-8-12-21(15-20)23(29)28-13-6-7-14-28/h3-5,8-12,15H,6-7,13-14,16-17H2,1-2H3. The second-order valence-corrected chi connectivity index (χ2v) is 8.92. The van der Waals surface area contributed by atoms with Crippen molar-refractivity contribution in [3.63, 3.8) is 0 Å². The summed E-state index contributed by atoms with van der Waals surface area (Å²) in [6.07, 6.45) is 2.75. The van der Waals surface area contributed by atoms with E-state index in [-0.39, 0.29) is 11.5 Å². The van der Waals surface area contributed by atoms with Gasteiger partial charge in [-0.05, 0) is 43.0 Å². The zero-order valence-corrected chi connectivity index (χ0v) is 18.8. The number of hydrogen-bond donors (Lipinski definition) is 0. The van der Waals surface area contributed by atoms with Gasteiger partial charge in [0, 0.05) is 49.1 Å². The molecular weight excluding hydrogens is 406 g/mol. The highest BCUT2D eigenvalue weighted by atomic mass is 32.2. The highest BCUT2D eigenvalue weighted by Gasteiger charge is 2.19. The van der Waals surface area contributed by atoms with Crippen molar-refractivity contribution < 1.29 is 4.79 Å². The van der Waals surface area contributed by atoms with Gasteiger partial charge in [0.2, 0.25) is 0 Å². The van der Waals surface area contributed by atoms with Gasteiger partial charge in [0.1, 0.15) is 0 Å². The van der Waals surface area contributed by atoms with Gasteiger partial charge in [-0.15, -0.1) is 0 Å². The summed E-state index contributed by atoms with van der Waals surface area (Å²) in [5.74, 6) is 0.759. The van der Waals surface area contributed by atoms with E-state index in [0.717, 1.165) is 53.9 Å². The number of nitrogens with zero attached hydrogens (tertiary/aromatic N) is 3. The van der Waals surface area contributed by atoms with Crippen molar-refractivity contribution in [3.8, 4) is 0 Å². The minimum Gasteiger partial charge on any atom is -0.339 e. The molecule has 1 saturated heterocycles. The van der Waals surface area contributed by atoms with E-state index in [1.807, 2.05) is 66.4 Å². The van der Waals surface area contributed by atoms with Crippen LogP contribution >= 0.6 is 11.8 Å². The predicted molar refractivity (Wildman–Crippen MR) is 125 cm³/mol. The summed E-state index contributed by atoms with van der Waals surface area (Å²) in [5.41, 5.74) is 4.39. The van der Waals surface area contributed by atoms with Crippen LogP contribution in [0, 0.1) is 6.92 Å². The van der Waals surface area contributed by atoms with E-state index in [1.54, 1.807) is 11.6 Å². The summed E-state index contributed by atoms with van der Waals surface area (Å²) in [5, 5.41) is 0.690. The number of carbonyl (C=O) groups excluding carboxylic acids is 1. The SMILES string of the molecule is Cc1nc(SCc2cccc(C(=O)N3CCCC3)c2)n(C)c(=O)c1Cc1ccccc1. The Bertz CT molecular complexity index is 1140. The topological polar surface area (TPSA) is 55.2 Å². The van der Waals surface area contributed by atoms with Crippen LogP contribution in [0.3, 0.4) is 0 Å². The van der Waals surface area contributed by atoms with E-state index in [1.165, 1.54) is 11.8 Å². The van der Waals surface area contributed by atoms with E-state index < -0.39 is 0 Å². The van der Waals surface area contributed by atoms with Gasteiger partial charge in [-0.2, -0.15) is 0 Å². The number of amides is 1. The molecule has 0 radical (unpaired) electrons. The Morgan fingerprint density at radius 2 is 1.74 bits per heavy atom. The lowest BCUT2D eigenvalue weighted by molar-refractivity contribution is 0.0792. The molecule has 0 aliphatic carbocycles. The highest BCUT2D eigenvalue weighted by Crippen LogP contribution is 2.22. The molecule has 0 N–H and O–H groups in total. The molecule has 31 heavy (non-hydrogen) atoms. The van der Waals surface area contributed by atoms with Gasteiger partial charge in [0.15, 0.2) is 5.16 Å². The van der Waals surface area contributed by atoms with Crippen molar-refractivity contribution >= 4 is 17.7 Å². The zero-order valence-electron chi connectivity index (χ0n) is 18.0. The molecule has 4 rings (SSSR count). The zero-order chi connectivity index (χ0) is 21.8. The minimum absolute atomic E-state index is 0.00295. The van der Waals surface area contributed by atoms with Crippen molar-refractivity contribution in [3.05, 3.63) is 92.9 Å². The Morgan fingerprint density at radius 1 is 1.03 bits per heavy atom. The first-order chi connectivity index (χ1) is 15.0. The first-order valence-electron chi connectivity index (χ1n) is 10.6. The van der Waals surface area contributed by atoms with Crippen molar-refractivity contribution in [2.24, 2.45) is 7.05 Å². The first-order valence-corrected chi connectivity index (χ1v) is 11.6. The molecule has 2 aromatic carbocycles. The minimum atomic E-state index is -0.00295. The average Bonchev–Trinajstić information content (AvgIpc) is 3.33. The van der Waals surface area contributed by atoms with Gasteiger partial charge < -0.3 is 4.90 Å². The fourth-order valence-electron chi connectivity index (χ4n) is 3.91. The van der Waals surface area contributed by atoms with Gasteiger partial charge in [-0.1, -0.05) is 54.2 Å². The van der Waals surface area contributed by atoms with Crippen molar-refractivity contribution in [2.75, 3.05) is 13.1 Å². The Morgan fingerprint density at radius 3 is 2.48 bits per heavy atom. The normalized spacial score (nSPS) is 13.5. The number of likely N-dealkylation sites (tertiary alicyclic amines) is 1. The smallest absolute Gasteiger partial charge is 0.257 e. The van der Waals surface area contributed by atoms with Gasteiger partial charge >= 0.3 is 0 Å². The van der Waals surface area contributed by atoms with Crippen LogP contribution in [0.2, 0.25) is 0 Å².